The zero-order chi connectivity index (χ0) is 37.4. The van der Waals surface area contributed by atoms with Crippen molar-refractivity contribution in [2.24, 2.45) is 0 Å². The number of carbonyl (C=O) groups excluding carboxylic acids is 2. The number of aromatic nitrogens is 7. The lowest BCUT2D eigenvalue weighted by Gasteiger charge is -2.26. The quantitative estimate of drug-likeness (QED) is 0.246. The van der Waals surface area contributed by atoms with E-state index in [1.165, 1.54) is 54.6 Å². The van der Waals surface area contributed by atoms with Crippen molar-refractivity contribution in [3.05, 3.63) is 75.3 Å². The summed E-state index contributed by atoms with van der Waals surface area (Å²) < 4.78 is 72.2. The molecule has 1 N–H and O–H groups in total. The van der Waals surface area contributed by atoms with Crippen molar-refractivity contribution in [3.8, 4) is 17.2 Å². The van der Waals surface area contributed by atoms with Crippen LogP contribution in [-0.2, 0) is 27.7 Å². The highest BCUT2D eigenvalue weighted by Crippen LogP contribution is 2.26. The largest absolute Gasteiger partial charge is 0.416 e. The fourth-order valence-electron chi connectivity index (χ4n) is 6.05. The minimum absolute atomic E-state index is 0.0738. The van der Waals surface area contributed by atoms with Gasteiger partial charge in [0.05, 0.1) is 36.3 Å². The molecule has 0 spiro atoms. The first kappa shape index (κ1) is 37.1. The third-order valence-corrected chi connectivity index (χ3v) is 10.6. The molecule has 4 aromatic rings. The molecule has 2 aliphatic rings. The molecule has 278 valence electrons. The van der Waals surface area contributed by atoms with Gasteiger partial charge in [0.15, 0.2) is 33.4 Å². The minimum Gasteiger partial charge on any atom is -0.383 e. The Bertz CT molecular complexity index is 2120. The summed E-state index contributed by atoms with van der Waals surface area (Å²) in [4.78, 5) is 53.1. The monoisotopic (exact) mass is 767 g/mol. The topological polar surface area (TPSA) is 188 Å². The fourth-order valence-corrected chi connectivity index (χ4v) is 7.38. The lowest BCUT2D eigenvalue weighted by molar-refractivity contribution is -0.207. The minimum atomic E-state index is -5.04. The summed E-state index contributed by atoms with van der Waals surface area (Å²) in [6.45, 7) is -1.27. The first-order valence-corrected chi connectivity index (χ1v) is 18.3. The average molecular weight is 768 g/mol. The van der Waals surface area contributed by atoms with Crippen molar-refractivity contribution in [2.75, 3.05) is 44.9 Å². The Labute approximate surface area is 299 Å². The Hall–Kier alpha value is -4.66. The summed E-state index contributed by atoms with van der Waals surface area (Å²) in [6, 6.07) is 8.60. The van der Waals surface area contributed by atoms with Crippen LogP contribution in [0.25, 0.3) is 17.2 Å². The molecule has 3 aromatic heterocycles. The maximum Gasteiger partial charge on any atom is 0.416 e. The van der Waals surface area contributed by atoms with E-state index in [2.05, 4.69) is 20.2 Å². The average Bonchev–Trinajstić information content (AvgIpc) is 3.83. The Morgan fingerprint density at radius 3 is 2.46 bits per heavy atom. The van der Waals surface area contributed by atoms with E-state index in [-0.39, 0.29) is 65.1 Å². The predicted molar refractivity (Wildman–Crippen MR) is 178 cm³/mol. The van der Waals surface area contributed by atoms with E-state index in [0.29, 0.717) is 29.2 Å². The number of rotatable bonds is 10. The lowest BCUT2D eigenvalue weighted by atomic mass is 10.2. The van der Waals surface area contributed by atoms with E-state index >= 15 is 0 Å². The molecular weight excluding hydrogens is 735 g/mol. The van der Waals surface area contributed by atoms with Crippen molar-refractivity contribution in [3.63, 3.8) is 0 Å². The van der Waals surface area contributed by atoms with Crippen molar-refractivity contribution < 1.29 is 41.0 Å². The van der Waals surface area contributed by atoms with Crippen molar-refractivity contribution >= 4 is 33.3 Å². The molecule has 5 heterocycles. The number of aliphatic hydroxyl groups is 1. The van der Waals surface area contributed by atoms with E-state index in [4.69, 9.17) is 16.3 Å². The molecule has 2 saturated heterocycles. The maximum absolute atomic E-state index is 13.9. The number of nitrogens with zero attached hydrogens (tertiary/aromatic N) is 9. The van der Waals surface area contributed by atoms with Gasteiger partial charge in [0.25, 0.3) is 11.8 Å². The highest BCUT2D eigenvalue weighted by molar-refractivity contribution is 7.91. The molecule has 0 radical (unpaired) electrons. The van der Waals surface area contributed by atoms with Crippen molar-refractivity contribution in [2.45, 2.75) is 44.3 Å². The second kappa shape index (κ2) is 14.8. The SMILES string of the molecule is COCC1CCCN1C(=O)c1cccnc1-n1nc(Cn2nc(-c3ccc(Cl)cc3)n(CC(O)C(F)(F)F)c2=O)nc1C(=O)N1CCS(=O)(=O)CC1. The van der Waals surface area contributed by atoms with E-state index in [1.54, 1.807) is 4.90 Å². The maximum atomic E-state index is 13.9. The summed E-state index contributed by atoms with van der Waals surface area (Å²) in [5.41, 5.74) is -0.759. The second-order valence-electron chi connectivity index (χ2n) is 12.3. The van der Waals surface area contributed by atoms with Crippen LogP contribution >= 0.6 is 11.6 Å². The van der Waals surface area contributed by atoms with Crippen LogP contribution < -0.4 is 5.69 Å². The van der Waals surface area contributed by atoms with Gasteiger partial charge >= 0.3 is 11.9 Å². The van der Waals surface area contributed by atoms with Crippen LogP contribution in [0.2, 0.25) is 5.02 Å². The van der Waals surface area contributed by atoms with Gasteiger partial charge in [-0.05, 0) is 49.2 Å². The summed E-state index contributed by atoms with van der Waals surface area (Å²) in [5.74, 6) is -2.56. The number of likely N-dealkylation sites (tertiary alicyclic amines) is 1. The number of ether oxygens (including phenoxy) is 1. The Kier molecular flexibility index (Phi) is 10.5. The Morgan fingerprint density at radius 2 is 1.79 bits per heavy atom. The van der Waals surface area contributed by atoms with E-state index in [9.17, 15) is 41.1 Å². The summed E-state index contributed by atoms with van der Waals surface area (Å²) >= 11 is 5.98. The van der Waals surface area contributed by atoms with Gasteiger partial charge in [-0.2, -0.15) is 17.9 Å². The normalized spacial score (nSPS) is 18.2. The summed E-state index contributed by atoms with van der Waals surface area (Å²) in [7, 11) is -1.84. The molecule has 2 aliphatic heterocycles. The second-order valence-corrected chi connectivity index (χ2v) is 15.0. The van der Waals surface area contributed by atoms with Gasteiger partial charge in [-0.25, -0.2) is 27.9 Å². The van der Waals surface area contributed by atoms with E-state index in [1.807, 2.05) is 0 Å². The number of hydrogen-bond acceptors (Lipinski definition) is 11. The zero-order valence-electron chi connectivity index (χ0n) is 27.6. The Morgan fingerprint density at radius 1 is 1.08 bits per heavy atom. The van der Waals surface area contributed by atoms with Gasteiger partial charge in [-0.1, -0.05) is 11.6 Å². The first-order chi connectivity index (χ1) is 24.7. The number of benzene rings is 1. The highest BCUT2D eigenvalue weighted by Gasteiger charge is 2.40. The van der Waals surface area contributed by atoms with Crippen LogP contribution in [0.15, 0.2) is 47.4 Å². The molecule has 16 nitrogen and oxygen atoms in total. The van der Waals surface area contributed by atoms with Crippen LogP contribution in [-0.4, -0.2) is 132 Å². The molecular formula is C31H33ClF3N9O7S. The number of amides is 2. The van der Waals surface area contributed by atoms with Crippen molar-refractivity contribution in [1.29, 1.82) is 0 Å². The molecule has 52 heavy (non-hydrogen) atoms. The van der Waals surface area contributed by atoms with Gasteiger partial charge in [0.1, 0.15) is 6.54 Å². The number of sulfone groups is 1. The van der Waals surface area contributed by atoms with Gasteiger partial charge in [-0.3, -0.25) is 14.2 Å². The lowest BCUT2D eigenvalue weighted by Crippen LogP contribution is -2.44. The number of methoxy groups -OCH3 is 1. The number of hydrogen-bond donors (Lipinski definition) is 1. The van der Waals surface area contributed by atoms with Crippen LogP contribution in [0, 0.1) is 0 Å². The molecule has 0 aliphatic carbocycles. The number of halogens is 4. The third kappa shape index (κ3) is 7.74. The molecule has 21 heteroatoms. The van der Waals surface area contributed by atoms with Crippen LogP contribution in [0.3, 0.4) is 0 Å². The smallest absolute Gasteiger partial charge is 0.383 e. The van der Waals surface area contributed by atoms with Gasteiger partial charge < -0.3 is 19.6 Å². The molecule has 1 aromatic carbocycles. The number of alkyl halides is 3. The molecule has 0 saturated carbocycles. The zero-order valence-corrected chi connectivity index (χ0v) is 29.2. The fraction of sp³-hybridized carbons (Fsp3) is 0.452. The summed E-state index contributed by atoms with van der Waals surface area (Å²) in [6.07, 6.45) is -5.11. The molecule has 2 unspecified atom stereocenters. The number of aliphatic hydroxyl groups excluding tert-OH is 1. The van der Waals surface area contributed by atoms with Gasteiger partial charge in [0.2, 0.25) is 5.82 Å². The standard InChI is InChI=1S/C31H33ClF3N9O7S/c1-51-18-21-4-3-11-41(21)28(46)22-5-2-10-36-26(22)44-27(29(47)40-12-14-52(49,50)15-13-40)37-24(38-44)17-43-30(48)42(16-23(45)31(33,34)35)25(39-43)19-6-8-20(32)9-7-19/h2,5-10,21,23,45H,3-4,11-18H2,1H3. The van der Waals surface area contributed by atoms with Crippen LogP contribution in [0.4, 0.5) is 13.2 Å². The Balaban J connectivity index is 1.43. The van der Waals surface area contributed by atoms with E-state index < -0.39 is 52.7 Å². The molecule has 2 fully saturated rings. The summed E-state index contributed by atoms with van der Waals surface area (Å²) in [5, 5.41) is 18.8. The highest BCUT2D eigenvalue weighted by atomic mass is 35.5. The number of pyridine rings is 1. The number of carbonyl (C=O) groups is 2. The molecule has 0 bridgehead atoms. The van der Waals surface area contributed by atoms with Crippen molar-refractivity contribution in [1.82, 2.24) is 43.9 Å². The molecule has 6 rings (SSSR count). The van der Waals surface area contributed by atoms with Crippen LogP contribution in [0.1, 0.15) is 39.6 Å². The third-order valence-electron chi connectivity index (χ3n) is 8.74. The molecule has 2 amide bonds. The van der Waals surface area contributed by atoms with Gasteiger partial charge in [0, 0.05) is 43.5 Å². The predicted octanol–water partition coefficient (Wildman–Crippen LogP) is 1.43. The van der Waals surface area contributed by atoms with Gasteiger partial charge in [-0.15, -0.1) is 10.2 Å². The van der Waals surface area contributed by atoms with E-state index in [0.717, 1.165) is 15.8 Å². The molecule has 2 atom stereocenters. The first-order valence-electron chi connectivity index (χ1n) is 16.1. The van der Waals surface area contributed by atoms with Crippen LogP contribution in [0.5, 0.6) is 0 Å².